The Kier molecular flexibility index (Phi) is 7.69. The van der Waals surface area contributed by atoms with Crippen LogP contribution in [0.15, 0.2) is 24.3 Å². The first-order chi connectivity index (χ1) is 9.65. The zero-order valence-corrected chi connectivity index (χ0v) is 12.4. The Hall–Kier alpha value is -1.59. The van der Waals surface area contributed by atoms with Crippen LogP contribution in [0, 0.1) is 0 Å². The minimum atomic E-state index is -0.466. The van der Waals surface area contributed by atoms with E-state index in [2.05, 4.69) is 24.1 Å². The number of nitrogens with one attached hydrogen (secondary N) is 1. The molecule has 0 aliphatic heterocycles. The van der Waals surface area contributed by atoms with Gasteiger partial charge in [0.2, 0.25) is 0 Å². The number of carbonyl (C=O) groups excluding carboxylic acids is 1. The van der Waals surface area contributed by atoms with E-state index in [0.717, 1.165) is 32.7 Å². The van der Waals surface area contributed by atoms with Crippen LogP contribution in [0.25, 0.3) is 0 Å². The Balaban J connectivity index is 2.26. The van der Waals surface area contributed by atoms with Gasteiger partial charge in [-0.05, 0) is 30.8 Å². The molecule has 1 aromatic carbocycles. The Bertz CT molecular complexity index is 389. The third-order valence-corrected chi connectivity index (χ3v) is 3.13. The van der Waals surface area contributed by atoms with Gasteiger partial charge in [0.1, 0.15) is 5.75 Å². The molecular weight excluding hydrogens is 254 g/mol. The summed E-state index contributed by atoms with van der Waals surface area (Å²) in [6.45, 7) is 9.31. The Morgan fingerprint density at radius 2 is 1.90 bits per heavy atom. The maximum Gasteiger partial charge on any atom is 0.255 e. The van der Waals surface area contributed by atoms with Gasteiger partial charge in [0.15, 0.2) is 6.61 Å². The van der Waals surface area contributed by atoms with Gasteiger partial charge in [-0.25, -0.2) is 0 Å². The molecule has 0 aliphatic carbocycles. The zero-order chi connectivity index (χ0) is 14.8. The van der Waals surface area contributed by atoms with Crippen LogP contribution in [-0.2, 0) is 11.3 Å². The van der Waals surface area contributed by atoms with Crippen LogP contribution >= 0.6 is 0 Å². The van der Waals surface area contributed by atoms with Gasteiger partial charge in [-0.3, -0.25) is 4.79 Å². The quantitative estimate of drug-likeness (QED) is 0.627. The van der Waals surface area contributed by atoms with Crippen molar-refractivity contribution in [2.75, 3.05) is 32.8 Å². The average Bonchev–Trinajstić information content (AvgIpc) is 2.46. The van der Waals surface area contributed by atoms with Crippen LogP contribution in [0.4, 0.5) is 0 Å². The molecule has 5 nitrogen and oxygen atoms in total. The van der Waals surface area contributed by atoms with Gasteiger partial charge >= 0.3 is 0 Å². The molecule has 5 heteroatoms. The summed E-state index contributed by atoms with van der Waals surface area (Å²) < 4.78 is 5.21. The van der Waals surface area contributed by atoms with Crippen molar-refractivity contribution in [1.82, 2.24) is 10.2 Å². The molecule has 0 saturated heterocycles. The van der Waals surface area contributed by atoms with Gasteiger partial charge in [-0.2, -0.15) is 0 Å². The molecule has 0 unspecified atom stereocenters. The van der Waals surface area contributed by atoms with Crippen molar-refractivity contribution in [2.45, 2.75) is 20.4 Å². The van der Waals surface area contributed by atoms with Crippen molar-refractivity contribution in [3.05, 3.63) is 29.8 Å². The summed E-state index contributed by atoms with van der Waals surface area (Å²) in [5.74, 6) is 0.197. The summed E-state index contributed by atoms with van der Waals surface area (Å²) in [5.41, 5.74) is 6.21. The van der Waals surface area contributed by atoms with E-state index in [0.29, 0.717) is 5.75 Å². The molecule has 0 spiro atoms. The van der Waals surface area contributed by atoms with Gasteiger partial charge in [0.25, 0.3) is 5.91 Å². The lowest BCUT2D eigenvalue weighted by molar-refractivity contribution is -0.119. The molecule has 1 amide bonds. The van der Waals surface area contributed by atoms with E-state index in [1.807, 2.05) is 24.3 Å². The van der Waals surface area contributed by atoms with Crippen LogP contribution in [0.1, 0.15) is 19.4 Å². The lowest BCUT2D eigenvalue weighted by Crippen LogP contribution is -2.31. The molecule has 0 radical (unpaired) electrons. The van der Waals surface area contributed by atoms with Crippen LogP contribution < -0.4 is 15.8 Å². The summed E-state index contributed by atoms with van der Waals surface area (Å²) in [6.07, 6.45) is 0. The number of hydrogen-bond acceptors (Lipinski definition) is 4. The van der Waals surface area contributed by atoms with E-state index in [4.69, 9.17) is 10.5 Å². The summed E-state index contributed by atoms with van der Waals surface area (Å²) >= 11 is 0. The van der Waals surface area contributed by atoms with Crippen molar-refractivity contribution in [3.63, 3.8) is 0 Å². The molecule has 0 saturated carbocycles. The number of benzene rings is 1. The average molecular weight is 279 g/mol. The fourth-order valence-corrected chi connectivity index (χ4v) is 1.87. The highest BCUT2D eigenvalue weighted by molar-refractivity contribution is 5.75. The first-order valence-corrected chi connectivity index (χ1v) is 7.08. The zero-order valence-electron chi connectivity index (χ0n) is 12.4. The minimum absolute atomic E-state index is 0.0819. The van der Waals surface area contributed by atoms with Gasteiger partial charge in [-0.15, -0.1) is 0 Å². The largest absolute Gasteiger partial charge is 0.484 e. The van der Waals surface area contributed by atoms with E-state index in [-0.39, 0.29) is 6.61 Å². The number of likely N-dealkylation sites (N-methyl/N-ethyl adjacent to an activating group) is 1. The van der Waals surface area contributed by atoms with Crippen molar-refractivity contribution >= 4 is 5.91 Å². The van der Waals surface area contributed by atoms with Gasteiger partial charge in [0, 0.05) is 19.6 Å². The Morgan fingerprint density at radius 3 is 2.45 bits per heavy atom. The molecule has 112 valence electrons. The van der Waals surface area contributed by atoms with E-state index >= 15 is 0 Å². The highest BCUT2D eigenvalue weighted by Gasteiger charge is 2.00. The standard InChI is InChI=1S/C15H25N3O2/c1-3-18(4-2)10-9-17-11-13-5-7-14(8-6-13)20-12-15(16)19/h5-8,17H,3-4,9-12H2,1-2H3,(H2,16,19). The first-order valence-electron chi connectivity index (χ1n) is 7.08. The van der Waals surface area contributed by atoms with E-state index < -0.39 is 5.91 Å². The molecule has 1 rings (SSSR count). The minimum Gasteiger partial charge on any atom is -0.484 e. The fraction of sp³-hybridized carbons (Fsp3) is 0.533. The summed E-state index contributed by atoms with van der Waals surface area (Å²) in [6, 6.07) is 7.68. The number of nitrogens with zero attached hydrogens (tertiary/aromatic N) is 1. The second kappa shape index (κ2) is 9.34. The maximum atomic E-state index is 10.6. The lowest BCUT2D eigenvalue weighted by atomic mass is 10.2. The predicted molar refractivity (Wildman–Crippen MR) is 80.6 cm³/mol. The van der Waals surface area contributed by atoms with Crippen molar-refractivity contribution in [2.24, 2.45) is 5.73 Å². The monoisotopic (exact) mass is 279 g/mol. The van der Waals surface area contributed by atoms with E-state index in [1.165, 1.54) is 5.56 Å². The molecular formula is C15H25N3O2. The van der Waals surface area contributed by atoms with Crippen molar-refractivity contribution in [3.8, 4) is 5.75 Å². The molecule has 1 aromatic rings. The second-order valence-corrected chi connectivity index (χ2v) is 4.60. The SMILES string of the molecule is CCN(CC)CCNCc1ccc(OCC(N)=O)cc1. The molecule has 0 heterocycles. The Labute approximate surface area is 121 Å². The fourth-order valence-electron chi connectivity index (χ4n) is 1.87. The highest BCUT2D eigenvalue weighted by atomic mass is 16.5. The number of amides is 1. The molecule has 3 N–H and O–H groups in total. The van der Waals surface area contributed by atoms with Crippen molar-refractivity contribution in [1.29, 1.82) is 0 Å². The second-order valence-electron chi connectivity index (χ2n) is 4.60. The molecule has 0 fully saturated rings. The van der Waals surface area contributed by atoms with Crippen LogP contribution in [0.2, 0.25) is 0 Å². The number of ether oxygens (including phenoxy) is 1. The van der Waals surface area contributed by atoms with Gasteiger partial charge < -0.3 is 20.7 Å². The summed E-state index contributed by atoms with van der Waals surface area (Å²) in [4.78, 5) is 13.0. The number of hydrogen-bond donors (Lipinski definition) is 2. The lowest BCUT2D eigenvalue weighted by Gasteiger charge is -2.18. The van der Waals surface area contributed by atoms with E-state index in [1.54, 1.807) is 0 Å². The van der Waals surface area contributed by atoms with Crippen molar-refractivity contribution < 1.29 is 9.53 Å². The molecule has 20 heavy (non-hydrogen) atoms. The summed E-state index contributed by atoms with van der Waals surface area (Å²) in [7, 11) is 0. The number of rotatable bonds is 10. The third kappa shape index (κ3) is 6.54. The topological polar surface area (TPSA) is 67.6 Å². The molecule has 0 bridgehead atoms. The van der Waals surface area contributed by atoms with Crippen LogP contribution in [-0.4, -0.2) is 43.6 Å². The first kappa shape index (κ1) is 16.5. The molecule has 0 aliphatic rings. The summed E-state index contributed by atoms with van der Waals surface area (Å²) in [5, 5.41) is 3.41. The van der Waals surface area contributed by atoms with Crippen LogP contribution in [0.3, 0.4) is 0 Å². The number of carbonyl (C=O) groups is 1. The van der Waals surface area contributed by atoms with Gasteiger partial charge in [-0.1, -0.05) is 26.0 Å². The number of nitrogens with two attached hydrogens (primary N) is 1. The molecule has 0 atom stereocenters. The highest BCUT2D eigenvalue weighted by Crippen LogP contribution is 2.11. The number of primary amides is 1. The predicted octanol–water partition coefficient (Wildman–Crippen LogP) is 0.982. The smallest absolute Gasteiger partial charge is 0.255 e. The van der Waals surface area contributed by atoms with Gasteiger partial charge in [0.05, 0.1) is 0 Å². The normalized spacial score (nSPS) is 10.8. The third-order valence-electron chi connectivity index (χ3n) is 3.13. The van der Waals surface area contributed by atoms with E-state index in [9.17, 15) is 4.79 Å². The Morgan fingerprint density at radius 1 is 1.25 bits per heavy atom. The van der Waals surface area contributed by atoms with Crippen LogP contribution in [0.5, 0.6) is 5.75 Å². The molecule has 0 aromatic heterocycles. The maximum absolute atomic E-state index is 10.6.